The van der Waals surface area contributed by atoms with Gasteiger partial charge in [0.05, 0.1) is 11.3 Å². The second kappa shape index (κ2) is 6.45. The molecule has 0 saturated heterocycles. The molecule has 0 heterocycles. The minimum Gasteiger partial charge on any atom is -0.399 e. The molecule has 0 aromatic heterocycles. The second-order valence-corrected chi connectivity index (χ2v) is 4.88. The van der Waals surface area contributed by atoms with E-state index in [2.05, 4.69) is 10.6 Å². The van der Waals surface area contributed by atoms with Crippen molar-refractivity contribution in [2.75, 3.05) is 17.6 Å². The quantitative estimate of drug-likeness (QED) is 0.757. The van der Waals surface area contributed by atoms with Gasteiger partial charge in [-0.25, -0.2) is 4.39 Å². The van der Waals surface area contributed by atoms with Crippen LogP contribution in [-0.4, -0.2) is 12.5 Å². The lowest BCUT2D eigenvalue weighted by atomic mass is 10.1. The molecule has 2 rings (SSSR count). The molecular formula is C15H15ClFN3O. The number of halogens is 2. The van der Waals surface area contributed by atoms with Gasteiger partial charge in [-0.2, -0.15) is 0 Å². The standard InChI is InChI=1S/C15H15ClFN3O/c1-2-19-15(21)13-4-3-11(18)8-14(13)20-12-6-9(16)5-10(17)7-12/h3-8,20H,2,18H2,1H3,(H,19,21). The zero-order valence-electron chi connectivity index (χ0n) is 11.4. The van der Waals surface area contributed by atoms with Crippen LogP contribution in [0, 0.1) is 5.82 Å². The third kappa shape index (κ3) is 3.86. The van der Waals surface area contributed by atoms with Crippen molar-refractivity contribution in [2.45, 2.75) is 6.92 Å². The van der Waals surface area contributed by atoms with Crippen LogP contribution in [0.1, 0.15) is 17.3 Å². The fourth-order valence-corrected chi connectivity index (χ4v) is 2.12. The third-order valence-corrected chi connectivity index (χ3v) is 2.99. The van der Waals surface area contributed by atoms with Crippen LogP contribution in [0.5, 0.6) is 0 Å². The molecule has 0 unspecified atom stereocenters. The van der Waals surface area contributed by atoms with Crippen molar-refractivity contribution in [1.29, 1.82) is 0 Å². The zero-order chi connectivity index (χ0) is 15.4. The Kier molecular flexibility index (Phi) is 4.65. The maximum Gasteiger partial charge on any atom is 0.253 e. The lowest BCUT2D eigenvalue weighted by molar-refractivity contribution is 0.0956. The molecule has 0 fully saturated rings. The highest BCUT2D eigenvalue weighted by molar-refractivity contribution is 6.30. The van der Waals surface area contributed by atoms with Crippen molar-refractivity contribution in [3.63, 3.8) is 0 Å². The van der Waals surface area contributed by atoms with E-state index < -0.39 is 5.82 Å². The van der Waals surface area contributed by atoms with E-state index in [0.29, 0.717) is 29.2 Å². The first-order valence-corrected chi connectivity index (χ1v) is 6.78. The first-order valence-electron chi connectivity index (χ1n) is 6.40. The molecule has 0 atom stereocenters. The van der Waals surface area contributed by atoms with E-state index in [1.165, 1.54) is 12.1 Å². The average molecular weight is 308 g/mol. The monoisotopic (exact) mass is 307 g/mol. The van der Waals surface area contributed by atoms with Gasteiger partial charge >= 0.3 is 0 Å². The Morgan fingerprint density at radius 3 is 2.71 bits per heavy atom. The fraction of sp³-hybridized carbons (Fsp3) is 0.133. The predicted octanol–water partition coefficient (Wildman–Crippen LogP) is 3.55. The highest BCUT2D eigenvalue weighted by Crippen LogP contribution is 2.26. The number of carbonyl (C=O) groups excluding carboxylic acids is 1. The van der Waals surface area contributed by atoms with E-state index in [0.717, 1.165) is 0 Å². The Morgan fingerprint density at radius 1 is 1.29 bits per heavy atom. The molecule has 4 N–H and O–H groups in total. The smallest absolute Gasteiger partial charge is 0.253 e. The second-order valence-electron chi connectivity index (χ2n) is 4.45. The van der Waals surface area contributed by atoms with E-state index >= 15 is 0 Å². The Labute approximate surface area is 127 Å². The van der Waals surface area contributed by atoms with Crippen molar-refractivity contribution >= 4 is 34.6 Å². The molecule has 6 heteroatoms. The van der Waals surface area contributed by atoms with Gasteiger partial charge in [-0.15, -0.1) is 0 Å². The molecule has 2 aromatic rings. The first kappa shape index (κ1) is 15.1. The van der Waals surface area contributed by atoms with Gasteiger partial charge in [-0.3, -0.25) is 4.79 Å². The topological polar surface area (TPSA) is 67.2 Å². The van der Waals surface area contributed by atoms with Crippen molar-refractivity contribution in [1.82, 2.24) is 5.32 Å². The number of rotatable bonds is 4. The predicted molar refractivity (Wildman–Crippen MR) is 83.6 cm³/mol. The summed E-state index contributed by atoms with van der Waals surface area (Å²) in [6.45, 7) is 2.34. The van der Waals surface area contributed by atoms with Crippen LogP contribution in [0.15, 0.2) is 36.4 Å². The molecule has 0 aliphatic heterocycles. The molecule has 1 amide bonds. The van der Waals surface area contributed by atoms with Crippen molar-refractivity contribution in [3.8, 4) is 0 Å². The summed E-state index contributed by atoms with van der Waals surface area (Å²) < 4.78 is 13.4. The molecule has 21 heavy (non-hydrogen) atoms. The van der Waals surface area contributed by atoms with Crippen LogP contribution >= 0.6 is 11.6 Å². The minimum absolute atomic E-state index is 0.234. The van der Waals surface area contributed by atoms with Crippen LogP contribution in [0.4, 0.5) is 21.5 Å². The van der Waals surface area contributed by atoms with E-state index in [1.807, 2.05) is 6.92 Å². The minimum atomic E-state index is -0.464. The number of benzene rings is 2. The molecule has 0 bridgehead atoms. The molecule has 0 spiro atoms. The Hall–Kier alpha value is -2.27. The lowest BCUT2D eigenvalue weighted by Gasteiger charge is -2.13. The zero-order valence-corrected chi connectivity index (χ0v) is 12.2. The Balaban J connectivity index is 2.38. The van der Waals surface area contributed by atoms with Crippen molar-refractivity contribution in [2.24, 2.45) is 0 Å². The largest absolute Gasteiger partial charge is 0.399 e. The van der Waals surface area contributed by atoms with Gasteiger partial charge in [0.15, 0.2) is 0 Å². The molecule has 0 aliphatic rings. The summed E-state index contributed by atoms with van der Waals surface area (Å²) in [5, 5.41) is 5.94. The summed E-state index contributed by atoms with van der Waals surface area (Å²) in [6.07, 6.45) is 0. The maximum atomic E-state index is 13.4. The number of nitrogens with two attached hydrogens (primary N) is 1. The number of amides is 1. The van der Waals surface area contributed by atoms with Gasteiger partial charge in [-0.1, -0.05) is 11.6 Å². The van der Waals surface area contributed by atoms with Crippen molar-refractivity contribution in [3.05, 3.63) is 52.8 Å². The first-order chi connectivity index (χ1) is 9.99. The van der Waals surface area contributed by atoms with Crippen LogP contribution < -0.4 is 16.4 Å². The highest BCUT2D eigenvalue weighted by Gasteiger charge is 2.12. The molecule has 0 aliphatic carbocycles. The summed E-state index contributed by atoms with van der Waals surface area (Å²) in [4.78, 5) is 12.0. The number of hydrogen-bond donors (Lipinski definition) is 3. The molecule has 4 nitrogen and oxygen atoms in total. The van der Waals surface area contributed by atoms with Gasteiger partial charge in [-0.05, 0) is 43.3 Å². The maximum absolute atomic E-state index is 13.4. The summed E-state index contributed by atoms with van der Waals surface area (Å²) in [6, 6.07) is 8.92. The number of nitrogen functional groups attached to an aromatic ring is 1. The molecule has 2 aromatic carbocycles. The Bertz CT molecular complexity index is 656. The number of nitrogens with one attached hydrogen (secondary N) is 2. The van der Waals surface area contributed by atoms with E-state index in [9.17, 15) is 9.18 Å². The van der Waals surface area contributed by atoms with Crippen molar-refractivity contribution < 1.29 is 9.18 Å². The van der Waals surface area contributed by atoms with Crippen LogP contribution in [0.25, 0.3) is 0 Å². The number of hydrogen-bond acceptors (Lipinski definition) is 3. The fourth-order valence-electron chi connectivity index (χ4n) is 1.90. The lowest BCUT2D eigenvalue weighted by Crippen LogP contribution is -2.23. The SMILES string of the molecule is CCNC(=O)c1ccc(N)cc1Nc1cc(F)cc(Cl)c1. The summed E-state index contributed by atoms with van der Waals surface area (Å²) in [5.74, 6) is -0.698. The molecule has 110 valence electrons. The van der Waals surface area contributed by atoms with E-state index in [-0.39, 0.29) is 10.9 Å². The number of anilines is 3. The van der Waals surface area contributed by atoms with Gasteiger partial charge in [0.25, 0.3) is 5.91 Å². The molecule has 0 radical (unpaired) electrons. The van der Waals surface area contributed by atoms with Gasteiger partial charge < -0.3 is 16.4 Å². The highest BCUT2D eigenvalue weighted by atomic mass is 35.5. The summed E-state index contributed by atoms with van der Waals surface area (Å²) in [5.41, 5.74) is 7.59. The van der Waals surface area contributed by atoms with E-state index in [4.69, 9.17) is 17.3 Å². The van der Waals surface area contributed by atoms with Gasteiger partial charge in [0, 0.05) is 22.9 Å². The van der Waals surface area contributed by atoms with Crippen LogP contribution in [0.2, 0.25) is 5.02 Å². The van der Waals surface area contributed by atoms with Gasteiger partial charge in [0.1, 0.15) is 5.82 Å². The van der Waals surface area contributed by atoms with Gasteiger partial charge in [0.2, 0.25) is 0 Å². The third-order valence-electron chi connectivity index (χ3n) is 2.77. The van der Waals surface area contributed by atoms with Crippen LogP contribution in [-0.2, 0) is 0 Å². The number of carbonyl (C=O) groups is 1. The summed E-state index contributed by atoms with van der Waals surface area (Å²) in [7, 11) is 0. The Morgan fingerprint density at radius 2 is 2.05 bits per heavy atom. The average Bonchev–Trinajstić information content (AvgIpc) is 2.37. The summed E-state index contributed by atoms with van der Waals surface area (Å²) >= 11 is 5.82. The van der Waals surface area contributed by atoms with Crippen LogP contribution in [0.3, 0.4) is 0 Å². The molecular weight excluding hydrogens is 293 g/mol. The molecule has 0 saturated carbocycles. The normalized spacial score (nSPS) is 10.2. The van der Waals surface area contributed by atoms with E-state index in [1.54, 1.807) is 24.3 Å².